The second-order valence-corrected chi connectivity index (χ2v) is 10.4. The van der Waals surface area contributed by atoms with Crippen molar-refractivity contribution in [1.82, 2.24) is 14.5 Å². The van der Waals surface area contributed by atoms with Gasteiger partial charge in [0.15, 0.2) is 0 Å². The van der Waals surface area contributed by atoms with Crippen LogP contribution in [-0.2, 0) is 10.0 Å². The van der Waals surface area contributed by atoms with Gasteiger partial charge in [-0.1, -0.05) is 6.92 Å². The normalized spacial score (nSPS) is 18.0. The van der Waals surface area contributed by atoms with E-state index in [1.54, 1.807) is 6.07 Å². The van der Waals surface area contributed by atoms with E-state index in [1.807, 2.05) is 0 Å². The molecule has 5 nitrogen and oxygen atoms in total. The fourth-order valence-corrected chi connectivity index (χ4v) is 6.31. The molecule has 1 aliphatic heterocycles. The van der Waals surface area contributed by atoms with Gasteiger partial charge in [0.1, 0.15) is 4.21 Å². The number of hydrogen-bond acceptors (Lipinski definition) is 5. The molecule has 0 radical (unpaired) electrons. The van der Waals surface area contributed by atoms with Crippen molar-refractivity contribution in [2.24, 2.45) is 0 Å². The molecular weight excluding hydrogens is 454 g/mol. The molecule has 0 amide bonds. The van der Waals surface area contributed by atoms with Crippen LogP contribution in [0, 0.1) is 0 Å². The third-order valence-electron chi connectivity index (χ3n) is 3.74. The van der Waals surface area contributed by atoms with Gasteiger partial charge in [-0.15, -0.1) is 11.3 Å². The first-order valence-corrected chi connectivity index (χ1v) is 11.2. The molecule has 0 unspecified atom stereocenters. The van der Waals surface area contributed by atoms with Crippen LogP contribution in [0.3, 0.4) is 0 Å². The Bertz CT molecular complexity index is 565. The zero-order valence-electron chi connectivity index (χ0n) is 12.5. The van der Waals surface area contributed by atoms with Crippen LogP contribution in [0.15, 0.2) is 18.5 Å². The van der Waals surface area contributed by atoms with Gasteiger partial charge in [0.25, 0.3) is 0 Å². The fraction of sp³-hybridized carbons (Fsp3) is 0.692. The Morgan fingerprint density at radius 1 is 1.23 bits per heavy atom. The molecule has 22 heavy (non-hydrogen) atoms. The summed E-state index contributed by atoms with van der Waals surface area (Å²) in [4.78, 5) is 4.84. The molecule has 0 bridgehead atoms. The van der Waals surface area contributed by atoms with Crippen molar-refractivity contribution in [1.29, 1.82) is 0 Å². The average molecular weight is 475 g/mol. The fourth-order valence-electron chi connectivity index (χ4n) is 2.37. The number of likely N-dealkylation sites (N-methyl/N-ethyl adjacent to an activating group) is 1. The van der Waals surface area contributed by atoms with E-state index in [-0.39, 0.29) is 0 Å². The molecule has 0 spiro atoms. The second kappa shape index (κ2) is 8.55. The summed E-state index contributed by atoms with van der Waals surface area (Å²) in [6, 6.07) is 1.63. The number of nitrogens with one attached hydrogen (secondary N) is 1. The average Bonchev–Trinajstić information content (AvgIpc) is 2.85. The van der Waals surface area contributed by atoms with E-state index >= 15 is 0 Å². The molecular formula is C13H21Br2N3O2S2. The molecule has 9 heteroatoms. The molecule has 1 aliphatic rings. The van der Waals surface area contributed by atoms with Gasteiger partial charge in [-0.05, 0) is 57.4 Å². The van der Waals surface area contributed by atoms with Crippen molar-refractivity contribution in [2.75, 3.05) is 45.8 Å². The molecule has 1 aromatic heterocycles. The highest BCUT2D eigenvalue weighted by Crippen LogP contribution is 2.34. The second-order valence-electron chi connectivity index (χ2n) is 5.21. The van der Waals surface area contributed by atoms with E-state index in [9.17, 15) is 8.42 Å². The Balaban J connectivity index is 1.72. The summed E-state index contributed by atoms with van der Waals surface area (Å²) in [5.41, 5.74) is 0. The molecule has 1 N–H and O–H groups in total. The van der Waals surface area contributed by atoms with Crippen LogP contribution in [-0.4, -0.2) is 64.0 Å². The summed E-state index contributed by atoms with van der Waals surface area (Å²) in [6.45, 7) is 9.09. The van der Waals surface area contributed by atoms with E-state index in [0.717, 1.165) is 53.9 Å². The summed E-state index contributed by atoms with van der Waals surface area (Å²) < 4.78 is 28.9. The van der Waals surface area contributed by atoms with E-state index in [0.29, 0.717) is 10.8 Å². The van der Waals surface area contributed by atoms with Crippen molar-refractivity contribution < 1.29 is 8.42 Å². The number of nitrogens with zero attached hydrogens (tertiary/aromatic N) is 2. The maximum absolute atomic E-state index is 12.2. The topological polar surface area (TPSA) is 52.6 Å². The van der Waals surface area contributed by atoms with Crippen LogP contribution >= 0.6 is 43.2 Å². The summed E-state index contributed by atoms with van der Waals surface area (Å²) in [5.74, 6) is 0. The summed E-state index contributed by atoms with van der Waals surface area (Å²) in [5, 5.41) is 0. The zero-order chi connectivity index (χ0) is 16.2. The predicted octanol–water partition coefficient (Wildman–Crippen LogP) is 2.58. The Hall–Kier alpha value is 0.490. The number of hydrogen-bond donors (Lipinski definition) is 1. The summed E-state index contributed by atoms with van der Waals surface area (Å²) in [7, 11) is -3.40. The summed E-state index contributed by atoms with van der Waals surface area (Å²) >= 11 is 7.85. The standard InChI is InChI=1S/C13H21Br2N3O2S2/c1-2-17-6-8-18(9-7-17)5-3-4-16-22(19,20)12-10-11(14)13(15)21-12/h10,16H,2-9H2,1H3. The SMILES string of the molecule is CCN1CCN(CCCNS(=O)(=O)c2cc(Br)c(Br)s2)CC1. The Morgan fingerprint density at radius 3 is 2.41 bits per heavy atom. The lowest BCUT2D eigenvalue weighted by Gasteiger charge is -2.33. The van der Waals surface area contributed by atoms with Crippen LogP contribution in [0.25, 0.3) is 0 Å². The smallest absolute Gasteiger partial charge is 0.250 e. The lowest BCUT2D eigenvalue weighted by Crippen LogP contribution is -2.46. The van der Waals surface area contributed by atoms with E-state index in [1.165, 1.54) is 11.3 Å². The quantitative estimate of drug-likeness (QED) is 0.617. The van der Waals surface area contributed by atoms with E-state index in [4.69, 9.17) is 0 Å². The molecule has 0 saturated carbocycles. The maximum atomic E-state index is 12.2. The van der Waals surface area contributed by atoms with Gasteiger partial charge in [0.2, 0.25) is 10.0 Å². The highest BCUT2D eigenvalue weighted by molar-refractivity contribution is 9.13. The van der Waals surface area contributed by atoms with Crippen LogP contribution in [0.1, 0.15) is 13.3 Å². The van der Waals surface area contributed by atoms with E-state index < -0.39 is 10.0 Å². The lowest BCUT2D eigenvalue weighted by atomic mass is 10.3. The monoisotopic (exact) mass is 473 g/mol. The number of rotatable bonds is 7. The van der Waals surface area contributed by atoms with Gasteiger partial charge in [0, 0.05) is 37.2 Å². The molecule has 1 saturated heterocycles. The highest BCUT2D eigenvalue weighted by atomic mass is 79.9. The molecule has 126 valence electrons. The van der Waals surface area contributed by atoms with Crippen molar-refractivity contribution in [3.05, 3.63) is 14.3 Å². The van der Waals surface area contributed by atoms with Gasteiger partial charge in [-0.3, -0.25) is 0 Å². The first-order valence-electron chi connectivity index (χ1n) is 7.31. The minimum absolute atomic E-state index is 0.336. The Kier molecular flexibility index (Phi) is 7.31. The van der Waals surface area contributed by atoms with Crippen LogP contribution in [0.4, 0.5) is 0 Å². The van der Waals surface area contributed by atoms with Gasteiger partial charge >= 0.3 is 0 Å². The zero-order valence-corrected chi connectivity index (χ0v) is 17.3. The highest BCUT2D eigenvalue weighted by Gasteiger charge is 2.19. The number of piperazine rings is 1. The third kappa shape index (κ3) is 5.25. The summed E-state index contributed by atoms with van der Waals surface area (Å²) in [6.07, 6.45) is 0.832. The van der Waals surface area contributed by atoms with Crippen molar-refractivity contribution in [2.45, 2.75) is 17.6 Å². The predicted molar refractivity (Wildman–Crippen MR) is 98.1 cm³/mol. The number of thiophene rings is 1. The lowest BCUT2D eigenvalue weighted by molar-refractivity contribution is 0.136. The van der Waals surface area contributed by atoms with Crippen LogP contribution in [0.5, 0.6) is 0 Å². The van der Waals surface area contributed by atoms with Crippen LogP contribution in [0.2, 0.25) is 0 Å². The molecule has 0 atom stereocenters. The number of halogens is 2. The van der Waals surface area contributed by atoms with Gasteiger partial charge in [0.05, 0.1) is 3.79 Å². The minimum atomic E-state index is -3.40. The molecule has 0 aromatic carbocycles. The molecule has 1 aromatic rings. The largest absolute Gasteiger partial charge is 0.301 e. The van der Waals surface area contributed by atoms with Crippen molar-refractivity contribution in [3.8, 4) is 0 Å². The molecule has 2 heterocycles. The van der Waals surface area contributed by atoms with Gasteiger partial charge in [-0.25, -0.2) is 13.1 Å². The minimum Gasteiger partial charge on any atom is -0.301 e. The molecule has 1 fully saturated rings. The third-order valence-corrected chi connectivity index (χ3v) is 8.93. The van der Waals surface area contributed by atoms with E-state index in [2.05, 4.69) is 53.3 Å². The van der Waals surface area contributed by atoms with Gasteiger partial charge < -0.3 is 9.80 Å². The first kappa shape index (κ1) is 18.8. The Morgan fingerprint density at radius 2 is 1.86 bits per heavy atom. The molecule has 0 aliphatic carbocycles. The first-order chi connectivity index (χ1) is 10.4. The van der Waals surface area contributed by atoms with Gasteiger partial charge in [-0.2, -0.15) is 0 Å². The number of sulfonamides is 1. The van der Waals surface area contributed by atoms with Crippen molar-refractivity contribution in [3.63, 3.8) is 0 Å². The Labute approximate surface area is 153 Å². The van der Waals surface area contributed by atoms with Crippen molar-refractivity contribution >= 4 is 53.2 Å². The van der Waals surface area contributed by atoms with Crippen LogP contribution < -0.4 is 4.72 Å². The molecule has 2 rings (SSSR count). The maximum Gasteiger partial charge on any atom is 0.250 e.